The van der Waals surface area contributed by atoms with Crippen LogP contribution in [0.4, 0.5) is 9.93 Å². The number of aryl methyl sites for hydroxylation is 1. The number of nitrogens with two attached hydrogens (primary N) is 1. The predicted molar refractivity (Wildman–Crippen MR) is 106 cm³/mol. The van der Waals surface area contributed by atoms with Gasteiger partial charge in [-0.05, 0) is 25.3 Å². The Morgan fingerprint density at radius 3 is 2.81 bits per heavy atom. The van der Waals surface area contributed by atoms with Crippen LogP contribution < -0.4 is 11.1 Å². The summed E-state index contributed by atoms with van der Waals surface area (Å²) in [6, 6.07) is 9.26. The van der Waals surface area contributed by atoms with E-state index in [0.29, 0.717) is 31.3 Å². The van der Waals surface area contributed by atoms with Gasteiger partial charge in [0.15, 0.2) is 5.13 Å². The molecule has 1 aliphatic rings. The Kier molecular flexibility index (Phi) is 6.28. The minimum atomic E-state index is -0.458. The number of urea groups is 1. The number of rotatable bonds is 6. The van der Waals surface area contributed by atoms with Crippen molar-refractivity contribution in [3.8, 4) is 0 Å². The maximum absolute atomic E-state index is 12.6. The first-order valence-electron chi connectivity index (χ1n) is 9.11. The molecule has 2 aromatic rings. The highest BCUT2D eigenvalue weighted by Gasteiger charge is 2.34. The summed E-state index contributed by atoms with van der Waals surface area (Å²) in [7, 11) is 0. The SMILES string of the molecule is C[C@H]1C(=O)N(Cc2ccccc2)CCN1C(=O)NCCCc1csc(N)n1. The summed E-state index contributed by atoms with van der Waals surface area (Å²) in [6.45, 7) is 3.99. The van der Waals surface area contributed by atoms with E-state index in [0.717, 1.165) is 24.1 Å². The number of nitrogens with zero attached hydrogens (tertiary/aromatic N) is 3. The molecule has 27 heavy (non-hydrogen) atoms. The number of nitrogen functional groups attached to an aromatic ring is 1. The van der Waals surface area contributed by atoms with Crippen LogP contribution in [0.25, 0.3) is 0 Å². The molecule has 7 nitrogen and oxygen atoms in total. The van der Waals surface area contributed by atoms with Crippen molar-refractivity contribution in [2.24, 2.45) is 0 Å². The molecule has 3 N–H and O–H groups in total. The maximum atomic E-state index is 12.6. The molecule has 0 aliphatic carbocycles. The molecule has 1 atom stereocenters. The third-order valence-electron chi connectivity index (χ3n) is 4.68. The average Bonchev–Trinajstić information content (AvgIpc) is 3.08. The van der Waals surface area contributed by atoms with Crippen LogP contribution in [0.15, 0.2) is 35.7 Å². The summed E-state index contributed by atoms with van der Waals surface area (Å²) in [4.78, 5) is 32.7. The lowest BCUT2D eigenvalue weighted by Crippen LogP contribution is -2.59. The van der Waals surface area contributed by atoms with Gasteiger partial charge in [-0.25, -0.2) is 9.78 Å². The van der Waals surface area contributed by atoms with Crippen molar-refractivity contribution in [2.75, 3.05) is 25.4 Å². The van der Waals surface area contributed by atoms with Gasteiger partial charge in [0.2, 0.25) is 5.91 Å². The molecule has 0 bridgehead atoms. The van der Waals surface area contributed by atoms with Crippen LogP contribution in [0.5, 0.6) is 0 Å². The number of thiazole rings is 1. The number of hydrogen-bond acceptors (Lipinski definition) is 5. The monoisotopic (exact) mass is 387 g/mol. The van der Waals surface area contributed by atoms with Gasteiger partial charge in [0.1, 0.15) is 6.04 Å². The van der Waals surface area contributed by atoms with Gasteiger partial charge in [0.05, 0.1) is 5.69 Å². The van der Waals surface area contributed by atoms with Crippen molar-refractivity contribution in [3.05, 3.63) is 47.0 Å². The lowest BCUT2D eigenvalue weighted by molar-refractivity contribution is -0.139. The number of amides is 3. The van der Waals surface area contributed by atoms with Gasteiger partial charge in [-0.3, -0.25) is 4.79 Å². The lowest BCUT2D eigenvalue weighted by atomic mass is 10.1. The van der Waals surface area contributed by atoms with E-state index in [-0.39, 0.29) is 11.9 Å². The second kappa shape index (κ2) is 8.85. The van der Waals surface area contributed by atoms with Crippen molar-refractivity contribution in [1.29, 1.82) is 0 Å². The van der Waals surface area contributed by atoms with Crippen LogP contribution in [-0.4, -0.2) is 52.4 Å². The second-order valence-corrected chi connectivity index (χ2v) is 7.52. The highest BCUT2D eigenvalue weighted by atomic mass is 32.1. The third-order valence-corrected chi connectivity index (χ3v) is 5.40. The van der Waals surface area contributed by atoms with Crippen LogP contribution in [0.2, 0.25) is 0 Å². The first-order chi connectivity index (χ1) is 13.0. The molecule has 0 saturated carbocycles. The summed E-state index contributed by atoms with van der Waals surface area (Å²) < 4.78 is 0. The zero-order valence-corrected chi connectivity index (χ0v) is 16.2. The number of nitrogens with one attached hydrogen (secondary N) is 1. The predicted octanol–water partition coefficient (Wildman–Crippen LogP) is 2.10. The Bertz CT molecular complexity index is 779. The topological polar surface area (TPSA) is 91.6 Å². The Morgan fingerprint density at radius 1 is 1.33 bits per heavy atom. The minimum absolute atomic E-state index is 0.0156. The number of anilines is 1. The highest BCUT2D eigenvalue weighted by Crippen LogP contribution is 2.15. The molecule has 1 aromatic carbocycles. The normalized spacial score (nSPS) is 17.2. The molecule has 1 saturated heterocycles. The van der Waals surface area contributed by atoms with E-state index in [1.165, 1.54) is 11.3 Å². The summed E-state index contributed by atoms with van der Waals surface area (Å²) >= 11 is 1.42. The van der Waals surface area contributed by atoms with Crippen LogP contribution >= 0.6 is 11.3 Å². The summed E-state index contributed by atoms with van der Waals surface area (Å²) in [5.41, 5.74) is 7.66. The number of aromatic nitrogens is 1. The molecule has 2 heterocycles. The second-order valence-electron chi connectivity index (χ2n) is 6.63. The maximum Gasteiger partial charge on any atom is 0.318 e. The van der Waals surface area contributed by atoms with Crippen molar-refractivity contribution in [2.45, 2.75) is 32.4 Å². The van der Waals surface area contributed by atoms with Gasteiger partial charge in [0.25, 0.3) is 0 Å². The largest absolute Gasteiger partial charge is 0.375 e. The number of hydrogen-bond donors (Lipinski definition) is 2. The molecule has 144 valence electrons. The van der Waals surface area contributed by atoms with Crippen LogP contribution in [0, 0.1) is 0 Å². The van der Waals surface area contributed by atoms with Gasteiger partial charge < -0.3 is 20.9 Å². The molecule has 1 fully saturated rings. The molecule has 0 radical (unpaired) electrons. The van der Waals surface area contributed by atoms with Crippen molar-refractivity contribution >= 4 is 28.4 Å². The Morgan fingerprint density at radius 2 is 2.11 bits per heavy atom. The molecule has 3 rings (SSSR count). The van der Waals surface area contributed by atoms with Crippen molar-refractivity contribution < 1.29 is 9.59 Å². The van der Waals surface area contributed by atoms with Gasteiger partial charge in [0, 0.05) is 31.6 Å². The van der Waals surface area contributed by atoms with Crippen LogP contribution in [0.3, 0.4) is 0 Å². The smallest absolute Gasteiger partial charge is 0.318 e. The number of carbonyl (C=O) groups is 2. The summed E-state index contributed by atoms with van der Waals surface area (Å²) in [6.07, 6.45) is 1.55. The quantitative estimate of drug-likeness (QED) is 0.743. The minimum Gasteiger partial charge on any atom is -0.375 e. The Labute approximate surface area is 163 Å². The van der Waals surface area contributed by atoms with Crippen LogP contribution in [0.1, 0.15) is 24.6 Å². The summed E-state index contributed by atoms with van der Waals surface area (Å²) in [5, 5.41) is 5.40. The van der Waals surface area contributed by atoms with E-state index in [2.05, 4.69) is 10.3 Å². The fourth-order valence-electron chi connectivity index (χ4n) is 3.17. The fourth-order valence-corrected chi connectivity index (χ4v) is 3.77. The third kappa shape index (κ3) is 4.97. The van der Waals surface area contributed by atoms with E-state index < -0.39 is 6.04 Å². The van der Waals surface area contributed by atoms with E-state index in [1.807, 2.05) is 40.6 Å². The van der Waals surface area contributed by atoms with Gasteiger partial charge in [-0.15, -0.1) is 11.3 Å². The van der Waals surface area contributed by atoms with E-state index in [1.54, 1.807) is 11.8 Å². The molecular weight excluding hydrogens is 362 g/mol. The van der Waals surface area contributed by atoms with Crippen molar-refractivity contribution in [3.63, 3.8) is 0 Å². The zero-order valence-electron chi connectivity index (χ0n) is 15.4. The molecule has 0 unspecified atom stereocenters. The first-order valence-corrected chi connectivity index (χ1v) is 9.99. The first kappa shape index (κ1) is 19.2. The molecule has 1 aliphatic heterocycles. The number of benzene rings is 1. The molecular formula is C19H25N5O2S. The molecule has 8 heteroatoms. The highest BCUT2D eigenvalue weighted by molar-refractivity contribution is 7.13. The fraction of sp³-hybridized carbons (Fsp3) is 0.421. The standard InChI is InChI=1S/C19H25N5O2S/c1-14-17(25)23(12-15-6-3-2-4-7-15)10-11-24(14)19(26)21-9-5-8-16-13-27-18(20)22-16/h2-4,6-7,13-14H,5,8-12H2,1H3,(H2,20,22)(H,21,26)/t14-/m0/s1. The van der Waals surface area contributed by atoms with E-state index in [4.69, 9.17) is 5.73 Å². The molecule has 1 aromatic heterocycles. The van der Waals surface area contributed by atoms with Crippen LogP contribution in [-0.2, 0) is 17.8 Å². The van der Waals surface area contributed by atoms with E-state index in [9.17, 15) is 9.59 Å². The van der Waals surface area contributed by atoms with Gasteiger partial charge in [-0.1, -0.05) is 30.3 Å². The number of carbonyl (C=O) groups excluding carboxylic acids is 2. The molecule has 0 spiro atoms. The number of piperazine rings is 1. The van der Waals surface area contributed by atoms with E-state index >= 15 is 0 Å². The average molecular weight is 388 g/mol. The van der Waals surface area contributed by atoms with Gasteiger partial charge >= 0.3 is 6.03 Å². The Balaban J connectivity index is 1.45. The Hall–Kier alpha value is -2.61. The van der Waals surface area contributed by atoms with Gasteiger partial charge in [-0.2, -0.15) is 0 Å². The summed E-state index contributed by atoms with van der Waals surface area (Å²) in [5.74, 6) is -0.0156. The molecule has 3 amide bonds. The lowest BCUT2D eigenvalue weighted by Gasteiger charge is -2.39. The van der Waals surface area contributed by atoms with Crippen molar-refractivity contribution in [1.82, 2.24) is 20.1 Å². The zero-order chi connectivity index (χ0) is 19.2.